The van der Waals surface area contributed by atoms with Crippen LogP contribution in [0.1, 0.15) is 36.5 Å². The second kappa shape index (κ2) is 9.38. The van der Waals surface area contributed by atoms with E-state index in [1.165, 1.54) is 19.2 Å². The van der Waals surface area contributed by atoms with Gasteiger partial charge >= 0.3 is 0 Å². The highest BCUT2D eigenvalue weighted by Crippen LogP contribution is 2.36. The van der Waals surface area contributed by atoms with Crippen molar-refractivity contribution in [2.45, 2.75) is 26.2 Å². The van der Waals surface area contributed by atoms with E-state index in [4.69, 9.17) is 9.47 Å². The van der Waals surface area contributed by atoms with E-state index in [2.05, 4.69) is 5.32 Å². The molecule has 1 N–H and O–H groups in total. The number of nitrogens with one attached hydrogen (secondary N) is 1. The molecule has 1 fully saturated rings. The number of nitrogens with zero attached hydrogens (tertiary/aromatic N) is 2. The molecule has 26 heavy (non-hydrogen) atoms. The number of hydrogen-bond acceptors (Lipinski definition) is 6. The molecule has 0 unspecified atom stereocenters. The Balaban J connectivity index is 2.21. The van der Waals surface area contributed by atoms with E-state index in [0.29, 0.717) is 31.4 Å². The number of nitro groups is 1. The molecule has 0 atom stereocenters. The molecule has 1 aliphatic rings. The summed E-state index contributed by atoms with van der Waals surface area (Å²) < 4.78 is 10.6. The Hall–Kier alpha value is -2.35. The fourth-order valence-corrected chi connectivity index (χ4v) is 3.24. The fourth-order valence-electron chi connectivity index (χ4n) is 3.24. The van der Waals surface area contributed by atoms with Crippen molar-refractivity contribution in [3.63, 3.8) is 0 Å². The lowest BCUT2D eigenvalue weighted by Crippen LogP contribution is -2.39. The summed E-state index contributed by atoms with van der Waals surface area (Å²) in [4.78, 5) is 25.5. The Morgan fingerprint density at radius 2 is 2.04 bits per heavy atom. The van der Waals surface area contributed by atoms with E-state index in [9.17, 15) is 14.9 Å². The lowest BCUT2D eigenvalue weighted by Gasteiger charge is -2.32. The summed E-state index contributed by atoms with van der Waals surface area (Å²) in [5, 5.41) is 14.6. The first kappa shape index (κ1) is 20.0. The predicted octanol–water partition coefficient (Wildman–Crippen LogP) is 2.46. The molecule has 144 valence electrons. The predicted molar refractivity (Wildman–Crippen MR) is 98.0 cm³/mol. The van der Waals surface area contributed by atoms with Crippen molar-refractivity contribution < 1.29 is 19.2 Å². The third-order valence-electron chi connectivity index (χ3n) is 4.71. The van der Waals surface area contributed by atoms with Gasteiger partial charge in [0.2, 0.25) is 0 Å². The Morgan fingerprint density at radius 3 is 2.58 bits per heavy atom. The molecule has 1 aromatic rings. The number of piperidine rings is 1. The molecule has 0 saturated carbocycles. The molecule has 8 nitrogen and oxygen atoms in total. The minimum Gasteiger partial charge on any atom is -0.493 e. The van der Waals surface area contributed by atoms with Crippen molar-refractivity contribution in [2.75, 3.05) is 40.4 Å². The topological polar surface area (TPSA) is 93.9 Å². The number of carbonyl (C=O) groups is 1. The van der Waals surface area contributed by atoms with Crippen LogP contribution < -0.4 is 14.8 Å². The summed E-state index contributed by atoms with van der Waals surface area (Å²) in [6.07, 6.45) is 2.90. The Kier molecular flexibility index (Phi) is 7.20. The first-order valence-electron chi connectivity index (χ1n) is 8.94. The van der Waals surface area contributed by atoms with Crippen molar-refractivity contribution in [1.82, 2.24) is 10.2 Å². The summed E-state index contributed by atoms with van der Waals surface area (Å²) in [6, 6.07) is 2.69. The van der Waals surface area contributed by atoms with E-state index >= 15 is 0 Å². The van der Waals surface area contributed by atoms with Gasteiger partial charge in [0.15, 0.2) is 11.5 Å². The second-order valence-electron chi connectivity index (χ2n) is 6.34. The number of methoxy groups -OCH3 is 1. The molecule has 1 saturated heterocycles. The minimum atomic E-state index is -0.547. The van der Waals surface area contributed by atoms with Crippen molar-refractivity contribution >= 4 is 11.6 Å². The van der Waals surface area contributed by atoms with Gasteiger partial charge in [-0.25, -0.2) is 0 Å². The first-order chi connectivity index (χ1) is 12.5. The number of hydrogen-bond donors (Lipinski definition) is 1. The number of rotatable bonds is 8. The Morgan fingerprint density at radius 1 is 1.35 bits per heavy atom. The zero-order valence-electron chi connectivity index (χ0n) is 15.6. The van der Waals surface area contributed by atoms with Gasteiger partial charge < -0.3 is 19.7 Å². The van der Waals surface area contributed by atoms with Crippen LogP contribution in [-0.2, 0) is 0 Å². The first-order valence-corrected chi connectivity index (χ1v) is 8.94. The average Bonchev–Trinajstić information content (AvgIpc) is 2.66. The smallest absolute Gasteiger partial charge is 0.286 e. The second-order valence-corrected chi connectivity index (χ2v) is 6.34. The lowest BCUT2D eigenvalue weighted by molar-refractivity contribution is -0.385. The number of likely N-dealkylation sites (tertiary alicyclic amines) is 1. The molecule has 0 aliphatic carbocycles. The van der Waals surface area contributed by atoms with E-state index in [1.807, 2.05) is 7.05 Å². The summed E-state index contributed by atoms with van der Waals surface area (Å²) in [6.45, 7) is 4.31. The maximum Gasteiger partial charge on any atom is 0.286 e. The van der Waals surface area contributed by atoms with E-state index in [0.717, 1.165) is 25.8 Å². The van der Waals surface area contributed by atoms with Crippen LogP contribution in [0.15, 0.2) is 12.1 Å². The van der Waals surface area contributed by atoms with Crippen LogP contribution >= 0.6 is 0 Å². The Labute approximate surface area is 153 Å². The molecule has 1 amide bonds. The number of ether oxygens (including phenoxy) is 2. The number of nitro benzene ring substituents is 1. The van der Waals surface area contributed by atoms with E-state index in [1.54, 1.807) is 11.8 Å². The highest BCUT2D eigenvalue weighted by molar-refractivity contribution is 5.99. The monoisotopic (exact) mass is 365 g/mol. The highest BCUT2D eigenvalue weighted by atomic mass is 16.6. The van der Waals surface area contributed by atoms with Crippen LogP contribution in [0, 0.1) is 16.0 Å². The van der Waals surface area contributed by atoms with Gasteiger partial charge in [-0.3, -0.25) is 14.9 Å². The van der Waals surface area contributed by atoms with Crippen LogP contribution in [0.25, 0.3) is 0 Å². The van der Waals surface area contributed by atoms with Crippen LogP contribution in [-0.4, -0.2) is 56.1 Å². The molecule has 0 aromatic heterocycles. The zero-order valence-corrected chi connectivity index (χ0v) is 15.6. The number of amides is 1. The highest BCUT2D eigenvalue weighted by Gasteiger charge is 2.30. The molecule has 1 heterocycles. The van der Waals surface area contributed by atoms with Gasteiger partial charge in [-0.2, -0.15) is 0 Å². The van der Waals surface area contributed by atoms with Crippen LogP contribution in [0.2, 0.25) is 0 Å². The molecule has 0 radical (unpaired) electrons. The fraction of sp³-hybridized carbons (Fsp3) is 0.611. The normalized spacial score (nSPS) is 15.0. The third-order valence-corrected chi connectivity index (χ3v) is 4.71. The molecular weight excluding hydrogens is 338 g/mol. The number of benzene rings is 1. The van der Waals surface area contributed by atoms with Gasteiger partial charge in [0, 0.05) is 19.2 Å². The average molecular weight is 365 g/mol. The molecule has 1 aromatic carbocycles. The zero-order chi connectivity index (χ0) is 19.1. The molecule has 0 bridgehead atoms. The largest absolute Gasteiger partial charge is 0.493 e. The van der Waals surface area contributed by atoms with Crippen molar-refractivity contribution in [2.24, 2.45) is 5.92 Å². The maximum absolute atomic E-state index is 12.9. The molecule has 0 spiro atoms. The lowest BCUT2D eigenvalue weighted by atomic mass is 9.93. The molecule has 8 heteroatoms. The van der Waals surface area contributed by atoms with Gasteiger partial charge in [-0.05, 0) is 45.7 Å². The standard InChI is InChI=1S/C18H27N3O5/c1-4-26-17-12-15(21(23)24)14(11-16(17)25-3)18(22)20-9-6-13(7-10-20)5-8-19-2/h11-13,19H,4-10H2,1-3H3. The SMILES string of the molecule is CCOc1cc([N+](=O)[O-])c(C(=O)N2CCC(CCNC)CC2)cc1OC. The van der Waals surface area contributed by atoms with Gasteiger partial charge in [-0.1, -0.05) is 0 Å². The van der Waals surface area contributed by atoms with Crippen molar-refractivity contribution in [3.05, 3.63) is 27.8 Å². The van der Waals surface area contributed by atoms with Crippen LogP contribution in [0.4, 0.5) is 5.69 Å². The van der Waals surface area contributed by atoms with E-state index < -0.39 is 4.92 Å². The van der Waals surface area contributed by atoms with Gasteiger partial charge in [0.25, 0.3) is 11.6 Å². The molecule has 2 rings (SSSR count). The third kappa shape index (κ3) is 4.63. The Bertz CT molecular complexity index is 642. The van der Waals surface area contributed by atoms with Crippen LogP contribution in [0.5, 0.6) is 11.5 Å². The van der Waals surface area contributed by atoms with Gasteiger partial charge in [-0.15, -0.1) is 0 Å². The maximum atomic E-state index is 12.9. The summed E-state index contributed by atoms with van der Waals surface area (Å²) in [5.74, 6) is 0.843. The summed E-state index contributed by atoms with van der Waals surface area (Å²) in [5.41, 5.74) is -0.208. The number of carbonyl (C=O) groups excluding carboxylic acids is 1. The van der Waals surface area contributed by atoms with Crippen LogP contribution in [0.3, 0.4) is 0 Å². The molecular formula is C18H27N3O5. The van der Waals surface area contributed by atoms with Gasteiger partial charge in [0.05, 0.1) is 24.7 Å². The summed E-state index contributed by atoms with van der Waals surface area (Å²) >= 11 is 0. The minimum absolute atomic E-state index is 0.0453. The van der Waals surface area contributed by atoms with Crippen molar-refractivity contribution in [3.8, 4) is 11.5 Å². The van der Waals surface area contributed by atoms with E-state index in [-0.39, 0.29) is 22.9 Å². The summed E-state index contributed by atoms with van der Waals surface area (Å²) in [7, 11) is 3.38. The molecule has 1 aliphatic heterocycles. The van der Waals surface area contributed by atoms with Crippen molar-refractivity contribution in [1.29, 1.82) is 0 Å². The quantitative estimate of drug-likeness (QED) is 0.562. The van der Waals surface area contributed by atoms with Gasteiger partial charge in [0.1, 0.15) is 5.56 Å².